The molecule has 24 heavy (non-hydrogen) atoms. The second kappa shape index (κ2) is 7.06. The highest BCUT2D eigenvalue weighted by Crippen LogP contribution is 2.22. The van der Waals surface area contributed by atoms with Crippen LogP contribution < -0.4 is 4.72 Å². The molecule has 3 rings (SSSR count). The van der Waals surface area contributed by atoms with E-state index in [1.165, 1.54) is 6.07 Å². The lowest BCUT2D eigenvalue weighted by atomic mass is 10.2. The zero-order chi connectivity index (χ0) is 17.2. The van der Waals surface area contributed by atoms with Gasteiger partial charge in [-0.3, -0.25) is 4.68 Å². The lowest BCUT2D eigenvalue weighted by molar-refractivity contribution is 0.561. The molecule has 0 unspecified atom stereocenters. The van der Waals surface area contributed by atoms with Crippen LogP contribution in [0.2, 0.25) is 5.02 Å². The number of nitrogens with zero attached hydrogens (tertiary/aromatic N) is 2. The lowest BCUT2D eigenvalue weighted by Crippen LogP contribution is -2.27. The van der Waals surface area contributed by atoms with Gasteiger partial charge in [0.25, 0.3) is 0 Å². The standard InChI is InChI=1S/C16H16ClN3O2S2/c1-12-4-5-13(11-14(12)17)24(21,22)18-7-9-20-8-6-15(19-20)16-3-2-10-23-16/h2-6,8,10-11,18H,7,9H2,1H3. The SMILES string of the molecule is Cc1ccc(S(=O)(=O)NCCn2ccc(-c3cccs3)n2)cc1Cl. The van der Waals surface area contributed by atoms with E-state index in [0.717, 1.165) is 16.1 Å². The number of hydrogen-bond donors (Lipinski definition) is 1. The predicted molar refractivity (Wildman–Crippen MR) is 96.9 cm³/mol. The fourth-order valence-corrected chi connectivity index (χ4v) is 4.14. The molecule has 2 heterocycles. The molecule has 0 bridgehead atoms. The fraction of sp³-hybridized carbons (Fsp3) is 0.188. The summed E-state index contributed by atoms with van der Waals surface area (Å²) in [4.78, 5) is 1.25. The number of nitrogens with one attached hydrogen (secondary N) is 1. The van der Waals surface area contributed by atoms with Gasteiger partial charge in [0.2, 0.25) is 10.0 Å². The summed E-state index contributed by atoms with van der Waals surface area (Å²) in [6, 6.07) is 10.6. The van der Waals surface area contributed by atoms with Crippen molar-refractivity contribution in [1.29, 1.82) is 0 Å². The van der Waals surface area contributed by atoms with Crippen LogP contribution in [0.25, 0.3) is 10.6 Å². The molecule has 0 aliphatic carbocycles. The van der Waals surface area contributed by atoms with Crippen molar-refractivity contribution in [3.05, 3.63) is 58.6 Å². The van der Waals surface area contributed by atoms with Crippen molar-refractivity contribution in [2.24, 2.45) is 0 Å². The van der Waals surface area contributed by atoms with Crippen LogP contribution in [0.4, 0.5) is 0 Å². The number of sulfonamides is 1. The third-order valence-electron chi connectivity index (χ3n) is 3.50. The zero-order valence-electron chi connectivity index (χ0n) is 12.9. The number of halogens is 1. The molecular formula is C16H16ClN3O2S2. The molecule has 0 amide bonds. The summed E-state index contributed by atoms with van der Waals surface area (Å²) in [5.41, 5.74) is 1.73. The van der Waals surface area contributed by atoms with Crippen LogP contribution in [0.1, 0.15) is 5.56 Å². The Balaban J connectivity index is 1.62. The van der Waals surface area contributed by atoms with E-state index in [4.69, 9.17) is 11.6 Å². The Morgan fingerprint density at radius 2 is 2.12 bits per heavy atom. The molecule has 3 aromatic rings. The van der Waals surface area contributed by atoms with E-state index in [1.807, 2.05) is 36.7 Å². The molecule has 1 N–H and O–H groups in total. The van der Waals surface area contributed by atoms with E-state index >= 15 is 0 Å². The summed E-state index contributed by atoms with van der Waals surface area (Å²) in [5, 5.41) is 6.87. The Kier molecular flexibility index (Phi) is 5.05. The molecule has 8 heteroatoms. The summed E-state index contributed by atoms with van der Waals surface area (Å²) >= 11 is 7.61. The monoisotopic (exact) mass is 381 g/mol. The Hall–Kier alpha value is -1.67. The van der Waals surface area contributed by atoms with Gasteiger partial charge >= 0.3 is 0 Å². The van der Waals surface area contributed by atoms with Gasteiger partial charge in [-0.15, -0.1) is 11.3 Å². The molecule has 2 aromatic heterocycles. The highest BCUT2D eigenvalue weighted by atomic mass is 35.5. The van der Waals surface area contributed by atoms with E-state index in [0.29, 0.717) is 11.6 Å². The topological polar surface area (TPSA) is 64.0 Å². The van der Waals surface area contributed by atoms with Crippen LogP contribution in [0.15, 0.2) is 52.9 Å². The zero-order valence-corrected chi connectivity index (χ0v) is 15.3. The molecule has 0 fully saturated rings. The van der Waals surface area contributed by atoms with Crippen molar-refractivity contribution < 1.29 is 8.42 Å². The van der Waals surface area contributed by atoms with E-state index in [2.05, 4.69) is 9.82 Å². The Morgan fingerprint density at radius 3 is 2.83 bits per heavy atom. The highest BCUT2D eigenvalue weighted by molar-refractivity contribution is 7.89. The van der Waals surface area contributed by atoms with Gasteiger partial charge in [0.1, 0.15) is 5.69 Å². The van der Waals surface area contributed by atoms with Gasteiger partial charge in [0.05, 0.1) is 16.3 Å². The fourth-order valence-electron chi connectivity index (χ4n) is 2.16. The summed E-state index contributed by atoms with van der Waals surface area (Å²) in [6.45, 7) is 2.53. The van der Waals surface area contributed by atoms with Crippen molar-refractivity contribution in [3.63, 3.8) is 0 Å². The summed E-state index contributed by atoms with van der Waals surface area (Å²) in [5.74, 6) is 0. The molecule has 0 radical (unpaired) electrons. The number of hydrogen-bond acceptors (Lipinski definition) is 4. The van der Waals surface area contributed by atoms with Gasteiger partial charge in [-0.2, -0.15) is 5.10 Å². The number of benzene rings is 1. The molecule has 0 atom stereocenters. The van der Waals surface area contributed by atoms with E-state index in [1.54, 1.807) is 28.2 Å². The van der Waals surface area contributed by atoms with Crippen LogP contribution in [-0.2, 0) is 16.6 Å². The minimum atomic E-state index is -3.58. The maximum atomic E-state index is 12.3. The van der Waals surface area contributed by atoms with Gasteiger partial charge in [-0.25, -0.2) is 13.1 Å². The van der Waals surface area contributed by atoms with Crippen molar-refractivity contribution in [2.45, 2.75) is 18.4 Å². The Bertz CT molecular complexity index is 934. The number of aryl methyl sites for hydroxylation is 1. The average Bonchev–Trinajstić information content (AvgIpc) is 3.20. The molecular weight excluding hydrogens is 366 g/mol. The first-order chi connectivity index (χ1) is 11.5. The molecule has 0 saturated heterocycles. The maximum Gasteiger partial charge on any atom is 0.240 e. The predicted octanol–water partition coefficient (Wildman–Crippen LogP) is 3.55. The lowest BCUT2D eigenvalue weighted by Gasteiger charge is -2.08. The molecule has 126 valence electrons. The summed E-state index contributed by atoms with van der Waals surface area (Å²) < 4.78 is 28.9. The summed E-state index contributed by atoms with van der Waals surface area (Å²) in [6.07, 6.45) is 1.84. The first-order valence-electron chi connectivity index (χ1n) is 7.29. The second-order valence-electron chi connectivity index (χ2n) is 5.25. The summed E-state index contributed by atoms with van der Waals surface area (Å²) in [7, 11) is -3.58. The molecule has 1 aromatic carbocycles. The van der Waals surface area contributed by atoms with Gasteiger partial charge in [0.15, 0.2) is 0 Å². The normalized spacial score (nSPS) is 11.8. The smallest absolute Gasteiger partial charge is 0.240 e. The third-order valence-corrected chi connectivity index (χ3v) is 6.26. The molecule has 5 nitrogen and oxygen atoms in total. The van der Waals surface area contributed by atoms with Crippen LogP contribution in [0, 0.1) is 6.92 Å². The van der Waals surface area contributed by atoms with E-state index in [-0.39, 0.29) is 11.4 Å². The maximum absolute atomic E-state index is 12.3. The largest absolute Gasteiger partial charge is 0.271 e. The van der Waals surface area contributed by atoms with Gasteiger partial charge < -0.3 is 0 Å². The highest BCUT2D eigenvalue weighted by Gasteiger charge is 2.14. The van der Waals surface area contributed by atoms with E-state index < -0.39 is 10.0 Å². The Morgan fingerprint density at radius 1 is 1.29 bits per heavy atom. The second-order valence-corrected chi connectivity index (χ2v) is 8.37. The first-order valence-corrected chi connectivity index (χ1v) is 10.0. The van der Waals surface area contributed by atoms with Crippen LogP contribution in [0.5, 0.6) is 0 Å². The van der Waals surface area contributed by atoms with Crippen LogP contribution >= 0.6 is 22.9 Å². The Labute approximate surface area is 150 Å². The van der Waals surface area contributed by atoms with Crippen molar-refractivity contribution in [3.8, 4) is 10.6 Å². The number of thiophene rings is 1. The van der Waals surface area contributed by atoms with Crippen molar-refractivity contribution in [1.82, 2.24) is 14.5 Å². The van der Waals surface area contributed by atoms with Crippen molar-refractivity contribution in [2.75, 3.05) is 6.54 Å². The van der Waals surface area contributed by atoms with Gasteiger partial charge in [0, 0.05) is 17.8 Å². The molecule has 0 aliphatic rings. The van der Waals surface area contributed by atoms with E-state index in [9.17, 15) is 8.42 Å². The average molecular weight is 382 g/mol. The molecule has 0 saturated carbocycles. The number of aromatic nitrogens is 2. The third kappa shape index (κ3) is 3.87. The minimum absolute atomic E-state index is 0.165. The number of rotatable bonds is 6. The molecule has 0 aliphatic heterocycles. The first kappa shape index (κ1) is 17.2. The van der Waals surface area contributed by atoms with Crippen LogP contribution in [0.3, 0.4) is 0 Å². The quantitative estimate of drug-likeness (QED) is 0.710. The van der Waals surface area contributed by atoms with Gasteiger partial charge in [-0.1, -0.05) is 23.7 Å². The molecule has 0 spiro atoms. The minimum Gasteiger partial charge on any atom is -0.271 e. The van der Waals surface area contributed by atoms with Crippen LogP contribution in [-0.4, -0.2) is 24.7 Å². The van der Waals surface area contributed by atoms with Gasteiger partial charge in [-0.05, 0) is 42.1 Å². The van der Waals surface area contributed by atoms with Crippen molar-refractivity contribution >= 4 is 33.0 Å².